The lowest BCUT2D eigenvalue weighted by Crippen LogP contribution is -2.00. The molecule has 16 heavy (non-hydrogen) atoms. The van der Waals surface area contributed by atoms with Gasteiger partial charge in [0.1, 0.15) is 6.61 Å². The summed E-state index contributed by atoms with van der Waals surface area (Å²) in [5.41, 5.74) is -0.0688. The van der Waals surface area contributed by atoms with E-state index in [2.05, 4.69) is 6.58 Å². The van der Waals surface area contributed by atoms with Crippen LogP contribution >= 0.6 is 11.6 Å². The Labute approximate surface area is 96.7 Å². The summed E-state index contributed by atoms with van der Waals surface area (Å²) in [6.07, 6.45) is 0. The van der Waals surface area contributed by atoms with E-state index < -0.39 is 4.92 Å². The van der Waals surface area contributed by atoms with Crippen molar-refractivity contribution in [3.8, 4) is 11.8 Å². The number of nitro benzene ring substituents is 1. The third kappa shape index (κ3) is 2.97. The van der Waals surface area contributed by atoms with Crippen LogP contribution in [0.25, 0.3) is 0 Å². The lowest BCUT2D eigenvalue weighted by atomic mass is 10.2. The van der Waals surface area contributed by atoms with Crippen LogP contribution in [-0.2, 0) is 0 Å². The molecule has 0 radical (unpaired) electrons. The fraction of sp³-hybridized carbons (Fsp3) is 0.100. The van der Waals surface area contributed by atoms with Crippen molar-refractivity contribution in [3.05, 3.63) is 45.5 Å². The highest BCUT2D eigenvalue weighted by Gasteiger charge is 2.15. The largest absolute Gasteiger partial charge is 0.481 e. The highest BCUT2D eigenvalue weighted by Crippen LogP contribution is 2.28. The third-order valence-electron chi connectivity index (χ3n) is 1.67. The molecule has 0 amide bonds. The SMILES string of the molecule is C=C(Cl)COc1ccc(C#N)cc1[N+](=O)[O-]. The summed E-state index contributed by atoms with van der Waals surface area (Å²) in [7, 11) is 0. The van der Waals surface area contributed by atoms with Crippen molar-refractivity contribution in [2.24, 2.45) is 0 Å². The van der Waals surface area contributed by atoms with E-state index in [0.717, 1.165) is 6.07 Å². The fourth-order valence-electron chi connectivity index (χ4n) is 1.01. The molecule has 0 N–H and O–H groups in total. The zero-order chi connectivity index (χ0) is 12.1. The molecule has 0 aliphatic heterocycles. The maximum atomic E-state index is 10.7. The first kappa shape index (κ1) is 12.0. The van der Waals surface area contributed by atoms with Crippen molar-refractivity contribution in [3.63, 3.8) is 0 Å². The van der Waals surface area contributed by atoms with Crippen molar-refractivity contribution in [1.82, 2.24) is 0 Å². The molecule has 0 spiro atoms. The van der Waals surface area contributed by atoms with Crippen molar-refractivity contribution >= 4 is 17.3 Å². The van der Waals surface area contributed by atoms with Crippen molar-refractivity contribution < 1.29 is 9.66 Å². The van der Waals surface area contributed by atoms with Crippen LogP contribution < -0.4 is 4.74 Å². The zero-order valence-electron chi connectivity index (χ0n) is 8.14. The third-order valence-corrected chi connectivity index (χ3v) is 1.78. The molecule has 6 heteroatoms. The molecule has 82 valence electrons. The average Bonchev–Trinajstić information content (AvgIpc) is 2.25. The van der Waals surface area contributed by atoms with Crippen molar-refractivity contribution in [1.29, 1.82) is 5.26 Å². The van der Waals surface area contributed by atoms with Gasteiger partial charge in [0, 0.05) is 11.1 Å². The lowest BCUT2D eigenvalue weighted by Gasteiger charge is -2.05. The Hall–Kier alpha value is -2.06. The van der Waals surface area contributed by atoms with Crippen LogP contribution in [0.15, 0.2) is 29.8 Å². The molecule has 0 aliphatic carbocycles. The van der Waals surface area contributed by atoms with Gasteiger partial charge in [-0.05, 0) is 12.1 Å². The van der Waals surface area contributed by atoms with E-state index in [-0.39, 0.29) is 28.6 Å². The van der Waals surface area contributed by atoms with Crippen LogP contribution in [0.3, 0.4) is 0 Å². The van der Waals surface area contributed by atoms with E-state index in [1.165, 1.54) is 12.1 Å². The zero-order valence-corrected chi connectivity index (χ0v) is 8.90. The monoisotopic (exact) mass is 238 g/mol. The van der Waals surface area contributed by atoms with Gasteiger partial charge < -0.3 is 4.74 Å². The normalized spacial score (nSPS) is 9.25. The second kappa shape index (κ2) is 5.14. The molecule has 0 saturated heterocycles. The molecule has 1 aromatic carbocycles. The number of benzene rings is 1. The molecule has 1 aromatic rings. The number of rotatable bonds is 4. The fourth-order valence-corrected chi connectivity index (χ4v) is 1.06. The summed E-state index contributed by atoms with van der Waals surface area (Å²) < 4.78 is 5.08. The molecule has 0 atom stereocenters. The predicted octanol–water partition coefficient (Wildman–Crippen LogP) is 2.60. The van der Waals surface area contributed by atoms with E-state index in [1.807, 2.05) is 6.07 Å². The van der Waals surface area contributed by atoms with Crippen LogP contribution in [0.2, 0.25) is 0 Å². The molecule has 5 nitrogen and oxygen atoms in total. The molecular weight excluding hydrogens is 232 g/mol. The standard InChI is InChI=1S/C10H7ClN2O3/c1-7(11)6-16-10-3-2-8(5-12)4-9(10)13(14)15/h2-4H,1,6H2. The van der Waals surface area contributed by atoms with Crippen LogP contribution in [0, 0.1) is 21.4 Å². The summed E-state index contributed by atoms with van der Waals surface area (Å²) in [5, 5.41) is 19.5. The minimum absolute atomic E-state index is 0.0195. The number of hydrogen-bond acceptors (Lipinski definition) is 4. The molecular formula is C10H7ClN2O3. The number of hydrogen-bond donors (Lipinski definition) is 0. The molecule has 0 fully saturated rings. The van der Waals surface area contributed by atoms with Gasteiger partial charge in [0.2, 0.25) is 0 Å². The summed E-state index contributed by atoms with van der Waals surface area (Å²) in [5.74, 6) is 0.0609. The molecule has 0 bridgehead atoms. The number of nitro groups is 1. The first-order valence-corrected chi connectivity index (χ1v) is 4.57. The summed E-state index contributed by atoms with van der Waals surface area (Å²) in [4.78, 5) is 10.1. The summed E-state index contributed by atoms with van der Waals surface area (Å²) in [6, 6.07) is 5.74. The Morgan fingerprint density at radius 3 is 2.88 bits per heavy atom. The lowest BCUT2D eigenvalue weighted by molar-refractivity contribution is -0.385. The highest BCUT2D eigenvalue weighted by atomic mass is 35.5. The predicted molar refractivity (Wildman–Crippen MR) is 58.3 cm³/mol. The molecule has 0 saturated carbocycles. The summed E-state index contributed by atoms with van der Waals surface area (Å²) in [6.45, 7) is 3.38. The highest BCUT2D eigenvalue weighted by molar-refractivity contribution is 6.29. The Bertz CT molecular complexity index is 479. The van der Waals surface area contributed by atoms with Crippen molar-refractivity contribution in [2.45, 2.75) is 0 Å². The number of nitrogens with zero attached hydrogens (tertiary/aromatic N) is 2. The van der Waals surface area contributed by atoms with Gasteiger partial charge in [-0.25, -0.2) is 0 Å². The summed E-state index contributed by atoms with van der Waals surface area (Å²) >= 11 is 5.48. The Balaban J connectivity index is 3.04. The van der Waals surface area contributed by atoms with E-state index in [0.29, 0.717) is 0 Å². The van der Waals surface area contributed by atoms with Gasteiger partial charge in [0.25, 0.3) is 0 Å². The van der Waals surface area contributed by atoms with Crippen LogP contribution in [0.4, 0.5) is 5.69 Å². The number of ether oxygens (including phenoxy) is 1. The first-order valence-electron chi connectivity index (χ1n) is 4.19. The number of halogens is 1. The smallest absolute Gasteiger partial charge is 0.312 e. The topological polar surface area (TPSA) is 76.2 Å². The van der Waals surface area contributed by atoms with E-state index >= 15 is 0 Å². The molecule has 0 heterocycles. The minimum atomic E-state index is -0.618. The van der Waals surface area contributed by atoms with Crippen LogP contribution in [0.5, 0.6) is 5.75 Å². The second-order valence-corrected chi connectivity index (χ2v) is 3.39. The minimum Gasteiger partial charge on any atom is -0.481 e. The van der Waals surface area contributed by atoms with E-state index in [9.17, 15) is 10.1 Å². The first-order chi connectivity index (χ1) is 7.54. The number of nitriles is 1. The van der Waals surface area contributed by atoms with Gasteiger partial charge in [0.05, 0.1) is 16.6 Å². The van der Waals surface area contributed by atoms with Gasteiger partial charge in [-0.15, -0.1) is 0 Å². The van der Waals surface area contributed by atoms with Gasteiger partial charge in [-0.3, -0.25) is 10.1 Å². The van der Waals surface area contributed by atoms with E-state index in [1.54, 1.807) is 0 Å². The Morgan fingerprint density at radius 1 is 1.69 bits per heavy atom. The average molecular weight is 239 g/mol. The van der Waals surface area contributed by atoms with Crippen LogP contribution in [-0.4, -0.2) is 11.5 Å². The van der Waals surface area contributed by atoms with Gasteiger partial charge in [-0.2, -0.15) is 5.26 Å². The van der Waals surface area contributed by atoms with Crippen LogP contribution in [0.1, 0.15) is 5.56 Å². The molecule has 0 unspecified atom stereocenters. The Morgan fingerprint density at radius 2 is 2.38 bits per heavy atom. The maximum Gasteiger partial charge on any atom is 0.312 e. The van der Waals surface area contributed by atoms with E-state index in [4.69, 9.17) is 21.6 Å². The molecule has 1 rings (SSSR count). The van der Waals surface area contributed by atoms with Gasteiger partial charge >= 0.3 is 5.69 Å². The van der Waals surface area contributed by atoms with Gasteiger partial charge in [-0.1, -0.05) is 18.2 Å². The Kier molecular flexibility index (Phi) is 3.86. The van der Waals surface area contributed by atoms with Crippen molar-refractivity contribution in [2.75, 3.05) is 6.61 Å². The quantitative estimate of drug-likeness (QED) is 0.597. The molecule has 0 aliphatic rings. The molecule has 0 aromatic heterocycles. The maximum absolute atomic E-state index is 10.7. The van der Waals surface area contributed by atoms with Gasteiger partial charge in [0.15, 0.2) is 5.75 Å². The second-order valence-electron chi connectivity index (χ2n) is 2.86.